The van der Waals surface area contributed by atoms with E-state index in [1.165, 1.54) is 12.8 Å². The topological polar surface area (TPSA) is 58.4 Å². The zero-order chi connectivity index (χ0) is 11.3. The summed E-state index contributed by atoms with van der Waals surface area (Å²) in [5, 5.41) is 2.64. The second-order valence-electron chi connectivity index (χ2n) is 4.04. The molecule has 0 heterocycles. The van der Waals surface area contributed by atoms with Gasteiger partial charge in [-0.25, -0.2) is 0 Å². The molecule has 0 aromatic heterocycles. The number of nitrogens with two attached hydrogens (primary N) is 1. The fourth-order valence-corrected chi connectivity index (χ4v) is 1.76. The van der Waals surface area contributed by atoms with Gasteiger partial charge in [0, 0.05) is 12.6 Å². The molecular formula is C11H19N3O. The Kier molecular flexibility index (Phi) is 4.60. The number of hydrogen-bond acceptors (Lipinski definition) is 3. The number of carbonyl (C=O) groups is 1. The van der Waals surface area contributed by atoms with Crippen LogP contribution in [0.5, 0.6) is 0 Å². The Morgan fingerprint density at radius 2 is 2.40 bits per heavy atom. The molecule has 1 fully saturated rings. The van der Waals surface area contributed by atoms with Crippen molar-refractivity contribution in [3.8, 4) is 12.3 Å². The van der Waals surface area contributed by atoms with Crippen molar-refractivity contribution >= 4 is 5.91 Å². The van der Waals surface area contributed by atoms with Crippen molar-refractivity contribution in [2.24, 2.45) is 11.7 Å². The number of amides is 1. The van der Waals surface area contributed by atoms with Crippen LogP contribution < -0.4 is 11.1 Å². The van der Waals surface area contributed by atoms with Crippen molar-refractivity contribution in [3.63, 3.8) is 0 Å². The lowest BCUT2D eigenvalue weighted by atomic mass is 10.1. The summed E-state index contributed by atoms with van der Waals surface area (Å²) in [6, 6.07) is 0.335. The second-order valence-corrected chi connectivity index (χ2v) is 4.04. The first-order valence-electron chi connectivity index (χ1n) is 5.29. The van der Waals surface area contributed by atoms with Crippen molar-refractivity contribution in [3.05, 3.63) is 0 Å². The Morgan fingerprint density at radius 3 is 2.87 bits per heavy atom. The van der Waals surface area contributed by atoms with Crippen LogP contribution in [0.3, 0.4) is 0 Å². The van der Waals surface area contributed by atoms with Crippen molar-refractivity contribution in [2.45, 2.75) is 18.9 Å². The van der Waals surface area contributed by atoms with Crippen molar-refractivity contribution in [1.82, 2.24) is 10.2 Å². The van der Waals surface area contributed by atoms with E-state index >= 15 is 0 Å². The Hall–Kier alpha value is -1.05. The SMILES string of the molecule is C#CCNC(=O)CN(C)C(CN)C1CC1. The van der Waals surface area contributed by atoms with Crippen LogP contribution in [-0.2, 0) is 4.79 Å². The van der Waals surface area contributed by atoms with Crippen LogP contribution in [-0.4, -0.2) is 43.5 Å². The van der Waals surface area contributed by atoms with Crippen LogP contribution in [0.4, 0.5) is 0 Å². The van der Waals surface area contributed by atoms with Gasteiger partial charge in [-0.05, 0) is 25.8 Å². The predicted molar refractivity (Wildman–Crippen MR) is 60.0 cm³/mol. The monoisotopic (exact) mass is 209 g/mol. The molecule has 0 aromatic rings. The van der Waals surface area contributed by atoms with Gasteiger partial charge in [0.1, 0.15) is 0 Å². The van der Waals surface area contributed by atoms with Gasteiger partial charge in [-0.15, -0.1) is 6.42 Å². The average Bonchev–Trinajstić information content (AvgIpc) is 3.00. The highest BCUT2D eigenvalue weighted by Crippen LogP contribution is 2.34. The smallest absolute Gasteiger partial charge is 0.234 e. The molecule has 3 N–H and O–H groups in total. The summed E-state index contributed by atoms with van der Waals surface area (Å²) >= 11 is 0. The number of likely N-dealkylation sites (N-methyl/N-ethyl adjacent to an activating group) is 1. The van der Waals surface area contributed by atoms with Crippen LogP contribution >= 0.6 is 0 Å². The number of rotatable bonds is 6. The molecule has 1 atom stereocenters. The first-order chi connectivity index (χ1) is 7.19. The summed E-state index contributed by atoms with van der Waals surface area (Å²) in [6.45, 7) is 1.28. The molecule has 4 nitrogen and oxygen atoms in total. The number of nitrogens with zero attached hydrogens (tertiary/aromatic N) is 1. The third kappa shape index (κ3) is 3.90. The minimum Gasteiger partial charge on any atom is -0.344 e. The van der Waals surface area contributed by atoms with Crippen LogP contribution in [0.15, 0.2) is 0 Å². The van der Waals surface area contributed by atoms with Gasteiger partial charge in [0.2, 0.25) is 5.91 Å². The number of nitrogens with one attached hydrogen (secondary N) is 1. The number of hydrogen-bond donors (Lipinski definition) is 2. The zero-order valence-corrected chi connectivity index (χ0v) is 9.20. The molecule has 0 saturated heterocycles. The van der Waals surface area contributed by atoms with Gasteiger partial charge in [-0.3, -0.25) is 9.69 Å². The Morgan fingerprint density at radius 1 is 1.73 bits per heavy atom. The lowest BCUT2D eigenvalue weighted by Crippen LogP contribution is -2.45. The van der Waals surface area contributed by atoms with Crippen LogP contribution in [0, 0.1) is 18.3 Å². The minimum absolute atomic E-state index is 0.0328. The number of carbonyl (C=O) groups excluding carboxylic acids is 1. The molecule has 0 radical (unpaired) electrons. The molecule has 1 saturated carbocycles. The van der Waals surface area contributed by atoms with E-state index < -0.39 is 0 Å². The minimum atomic E-state index is -0.0328. The van der Waals surface area contributed by atoms with Gasteiger partial charge in [0.25, 0.3) is 0 Å². The predicted octanol–water partition coefficient (Wildman–Crippen LogP) is -0.595. The summed E-state index contributed by atoms with van der Waals surface area (Å²) < 4.78 is 0. The Balaban J connectivity index is 2.29. The molecule has 84 valence electrons. The van der Waals surface area contributed by atoms with Gasteiger partial charge in [0.15, 0.2) is 0 Å². The van der Waals surface area contributed by atoms with E-state index in [0.29, 0.717) is 31.6 Å². The average molecular weight is 209 g/mol. The van der Waals surface area contributed by atoms with Crippen LogP contribution in [0.25, 0.3) is 0 Å². The van der Waals surface area contributed by atoms with E-state index in [2.05, 4.69) is 11.2 Å². The number of terminal acetylenes is 1. The maximum Gasteiger partial charge on any atom is 0.234 e. The summed E-state index contributed by atoms with van der Waals surface area (Å²) in [5.41, 5.74) is 5.68. The van der Waals surface area contributed by atoms with E-state index in [9.17, 15) is 4.79 Å². The van der Waals surface area contributed by atoms with Gasteiger partial charge in [0.05, 0.1) is 13.1 Å². The fourth-order valence-electron chi connectivity index (χ4n) is 1.76. The lowest BCUT2D eigenvalue weighted by Gasteiger charge is -2.26. The van der Waals surface area contributed by atoms with E-state index in [4.69, 9.17) is 12.2 Å². The van der Waals surface area contributed by atoms with Gasteiger partial charge >= 0.3 is 0 Å². The van der Waals surface area contributed by atoms with E-state index in [-0.39, 0.29) is 5.91 Å². The van der Waals surface area contributed by atoms with Crippen LogP contribution in [0.1, 0.15) is 12.8 Å². The van der Waals surface area contributed by atoms with Crippen molar-refractivity contribution < 1.29 is 4.79 Å². The summed E-state index contributed by atoms with van der Waals surface area (Å²) in [4.78, 5) is 13.4. The maximum absolute atomic E-state index is 11.4. The fraction of sp³-hybridized carbons (Fsp3) is 0.727. The third-order valence-electron chi connectivity index (χ3n) is 2.75. The van der Waals surface area contributed by atoms with E-state index in [1.54, 1.807) is 0 Å². The van der Waals surface area contributed by atoms with E-state index in [1.807, 2.05) is 11.9 Å². The molecular weight excluding hydrogens is 190 g/mol. The summed E-state index contributed by atoms with van der Waals surface area (Å²) in [7, 11) is 1.94. The molecule has 0 aromatic carbocycles. The zero-order valence-electron chi connectivity index (χ0n) is 9.20. The van der Waals surface area contributed by atoms with Crippen molar-refractivity contribution in [2.75, 3.05) is 26.7 Å². The molecule has 15 heavy (non-hydrogen) atoms. The Bertz CT molecular complexity index is 255. The largest absolute Gasteiger partial charge is 0.344 e. The maximum atomic E-state index is 11.4. The molecule has 4 heteroatoms. The first kappa shape index (κ1) is 12.0. The standard InChI is InChI=1S/C11H19N3O/c1-3-6-13-11(15)8-14(2)10(7-12)9-4-5-9/h1,9-10H,4-8,12H2,2H3,(H,13,15). The van der Waals surface area contributed by atoms with Crippen LogP contribution in [0.2, 0.25) is 0 Å². The lowest BCUT2D eigenvalue weighted by molar-refractivity contribution is -0.122. The summed E-state index contributed by atoms with van der Waals surface area (Å²) in [6.07, 6.45) is 7.52. The summed E-state index contributed by atoms with van der Waals surface area (Å²) in [5.74, 6) is 3.02. The molecule has 0 spiro atoms. The molecule has 1 rings (SSSR count). The third-order valence-corrected chi connectivity index (χ3v) is 2.75. The van der Waals surface area contributed by atoms with Crippen molar-refractivity contribution in [1.29, 1.82) is 0 Å². The highest BCUT2D eigenvalue weighted by molar-refractivity contribution is 5.78. The molecule has 1 unspecified atom stereocenters. The molecule has 1 aliphatic carbocycles. The second kappa shape index (κ2) is 5.74. The highest BCUT2D eigenvalue weighted by Gasteiger charge is 2.33. The quantitative estimate of drug-likeness (QED) is 0.575. The first-order valence-corrected chi connectivity index (χ1v) is 5.29. The van der Waals surface area contributed by atoms with Gasteiger partial charge < -0.3 is 11.1 Å². The van der Waals surface area contributed by atoms with Gasteiger partial charge in [-0.2, -0.15) is 0 Å². The molecule has 0 bridgehead atoms. The van der Waals surface area contributed by atoms with Gasteiger partial charge in [-0.1, -0.05) is 5.92 Å². The highest BCUT2D eigenvalue weighted by atomic mass is 16.2. The normalized spacial score (nSPS) is 17.2. The Labute approximate surface area is 91.2 Å². The molecule has 1 aliphatic rings. The molecule has 1 amide bonds. The van der Waals surface area contributed by atoms with E-state index in [0.717, 1.165) is 0 Å². The molecule has 0 aliphatic heterocycles.